The van der Waals surface area contributed by atoms with E-state index in [0.717, 1.165) is 21.9 Å². The third kappa shape index (κ3) is 4.14. The van der Waals surface area contributed by atoms with Gasteiger partial charge in [-0.1, -0.05) is 34.4 Å². The molecule has 3 heterocycles. The quantitative estimate of drug-likeness (QED) is 0.586. The number of thiazole rings is 1. The first kappa shape index (κ1) is 18.7. The van der Waals surface area contributed by atoms with Crippen LogP contribution in [0.25, 0.3) is 10.2 Å². The van der Waals surface area contributed by atoms with Crippen LogP contribution >= 0.6 is 34.4 Å². The van der Waals surface area contributed by atoms with Crippen molar-refractivity contribution in [2.24, 2.45) is 0 Å². The van der Waals surface area contributed by atoms with Gasteiger partial charge in [0.1, 0.15) is 5.51 Å². The van der Waals surface area contributed by atoms with Gasteiger partial charge in [-0.3, -0.25) is 4.79 Å². The van der Waals surface area contributed by atoms with Gasteiger partial charge in [0.15, 0.2) is 9.47 Å². The van der Waals surface area contributed by atoms with Crippen LogP contribution in [0.5, 0.6) is 0 Å². The highest BCUT2D eigenvalue weighted by molar-refractivity contribution is 8.01. The molecule has 1 amide bonds. The molecule has 0 radical (unpaired) electrons. The fourth-order valence-corrected chi connectivity index (χ4v) is 6.53. The topological polar surface area (TPSA) is 105 Å². The maximum atomic E-state index is 12.7. The lowest BCUT2D eigenvalue weighted by atomic mass is 10.3. The van der Waals surface area contributed by atoms with Crippen LogP contribution in [0.3, 0.4) is 0 Å². The van der Waals surface area contributed by atoms with E-state index in [4.69, 9.17) is 0 Å². The monoisotopic (exact) mass is 441 g/mol. The van der Waals surface area contributed by atoms with Gasteiger partial charge < -0.3 is 5.32 Å². The summed E-state index contributed by atoms with van der Waals surface area (Å²) >= 11 is 3.94. The van der Waals surface area contributed by atoms with Crippen LogP contribution in [0.4, 0.5) is 5.13 Å². The van der Waals surface area contributed by atoms with Crippen LogP contribution in [0.1, 0.15) is 12.8 Å². The molecule has 0 unspecified atom stereocenters. The van der Waals surface area contributed by atoms with E-state index in [2.05, 4.69) is 20.5 Å². The molecule has 27 heavy (non-hydrogen) atoms. The van der Waals surface area contributed by atoms with E-state index in [1.54, 1.807) is 23.7 Å². The Balaban J connectivity index is 1.48. The number of benzene rings is 1. The number of nitrogens with zero attached hydrogens (tertiary/aromatic N) is 4. The zero-order chi connectivity index (χ0) is 18.9. The fraction of sp³-hybridized carbons (Fsp3) is 0.333. The highest BCUT2D eigenvalue weighted by Crippen LogP contribution is 2.30. The van der Waals surface area contributed by atoms with Crippen molar-refractivity contribution in [3.63, 3.8) is 0 Å². The average molecular weight is 442 g/mol. The standard InChI is InChI=1S/C15H15N5O3S4/c21-13(8-24-15-19-16-9-25-15)18-14-17-11-4-3-10(7-12(11)26-14)27(22,23)20-5-1-2-6-20/h3-4,7,9H,1-2,5-6,8H2,(H,17,18,21). The van der Waals surface area contributed by atoms with Crippen molar-refractivity contribution >= 4 is 65.7 Å². The number of rotatable bonds is 6. The fourth-order valence-electron chi connectivity index (χ4n) is 2.70. The summed E-state index contributed by atoms with van der Waals surface area (Å²) in [5.41, 5.74) is 2.27. The Morgan fingerprint density at radius 1 is 1.30 bits per heavy atom. The van der Waals surface area contributed by atoms with E-state index in [0.29, 0.717) is 23.7 Å². The lowest BCUT2D eigenvalue weighted by molar-refractivity contribution is -0.113. The third-order valence-corrected chi connectivity index (χ3v) is 8.66. The molecule has 0 spiro atoms. The predicted molar refractivity (Wildman–Crippen MR) is 107 cm³/mol. The van der Waals surface area contributed by atoms with Crippen LogP contribution in [0.15, 0.2) is 32.9 Å². The van der Waals surface area contributed by atoms with Gasteiger partial charge in [0.2, 0.25) is 15.9 Å². The minimum absolute atomic E-state index is 0.195. The minimum atomic E-state index is -3.47. The van der Waals surface area contributed by atoms with Gasteiger partial charge in [-0.15, -0.1) is 10.2 Å². The average Bonchev–Trinajstić information content (AvgIpc) is 3.39. The molecule has 1 aromatic carbocycles. The van der Waals surface area contributed by atoms with E-state index in [9.17, 15) is 13.2 Å². The summed E-state index contributed by atoms with van der Waals surface area (Å²) in [5, 5.41) is 10.8. The van der Waals surface area contributed by atoms with Gasteiger partial charge in [0.25, 0.3) is 0 Å². The lowest BCUT2D eigenvalue weighted by Crippen LogP contribution is -2.27. The zero-order valence-electron chi connectivity index (χ0n) is 14.0. The van der Waals surface area contributed by atoms with Gasteiger partial charge in [0.05, 0.1) is 20.9 Å². The second-order valence-corrected chi connectivity index (χ2v) is 10.8. The van der Waals surface area contributed by atoms with Gasteiger partial charge in [-0.25, -0.2) is 13.4 Å². The Hall–Kier alpha value is -1.60. The van der Waals surface area contributed by atoms with Crippen LogP contribution < -0.4 is 5.32 Å². The molecule has 1 aliphatic rings. The molecule has 0 atom stereocenters. The minimum Gasteiger partial charge on any atom is -0.301 e. The smallest absolute Gasteiger partial charge is 0.243 e. The Bertz CT molecular complexity index is 1060. The summed E-state index contributed by atoms with van der Waals surface area (Å²) in [4.78, 5) is 16.7. The van der Waals surface area contributed by atoms with Crippen LogP contribution in [-0.4, -0.2) is 52.7 Å². The first-order valence-corrected chi connectivity index (χ1v) is 12.2. The van der Waals surface area contributed by atoms with Crippen LogP contribution in [0.2, 0.25) is 0 Å². The lowest BCUT2D eigenvalue weighted by Gasteiger charge is -2.15. The number of thioether (sulfide) groups is 1. The number of anilines is 1. The summed E-state index contributed by atoms with van der Waals surface area (Å²) < 4.78 is 28.3. The SMILES string of the molecule is O=C(CSc1nncs1)Nc1nc2ccc(S(=O)(=O)N3CCCC3)cc2s1. The second kappa shape index (κ2) is 7.80. The number of hydrogen-bond acceptors (Lipinski definition) is 9. The van der Waals surface area contributed by atoms with Crippen molar-refractivity contribution in [1.82, 2.24) is 19.5 Å². The zero-order valence-corrected chi connectivity index (χ0v) is 17.3. The number of nitrogens with one attached hydrogen (secondary N) is 1. The number of amides is 1. The number of carbonyl (C=O) groups excluding carboxylic acids is 1. The van der Waals surface area contributed by atoms with Crippen molar-refractivity contribution < 1.29 is 13.2 Å². The molecule has 1 aliphatic heterocycles. The molecule has 0 aliphatic carbocycles. The number of carbonyl (C=O) groups is 1. The van der Waals surface area contributed by atoms with E-state index < -0.39 is 10.0 Å². The Morgan fingerprint density at radius 2 is 2.11 bits per heavy atom. The highest BCUT2D eigenvalue weighted by Gasteiger charge is 2.27. The van der Waals surface area contributed by atoms with Crippen molar-refractivity contribution in [1.29, 1.82) is 0 Å². The molecule has 8 nitrogen and oxygen atoms in total. The van der Waals surface area contributed by atoms with Gasteiger partial charge >= 0.3 is 0 Å². The van der Waals surface area contributed by atoms with Crippen molar-refractivity contribution in [3.05, 3.63) is 23.7 Å². The van der Waals surface area contributed by atoms with Crippen molar-refractivity contribution in [2.75, 3.05) is 24.2 Å². The maximum absolute atomic E-state index is 12.7. The molecule has 0 saturated carbocycles. The molecular weight excluding hydrogens is 426 g/mol. The largest absolute Gasteiger partial charge is 0.301 e. The molecule has 3 aromatic rings. The predicted octanol–water partition coefficient (Wildman–Crippen LogP) is 2.66. The molecule has 0 bridgehead atoms. The maximum Gasteiger partial charge on any atom is 0.243 e. The summed E-state index contributed by atoms with van der Waals surface area (Å²) in [6.07, 6.45) is 1.79. The molecule has 1 saturated heterocycles. The molecule has 4 rings (SSSR count). The molecule has 142 valence electrons. The molecule has 12 heteroatoms. The van der Waals surface area contributed by atoms with Gasteiger partial charge in [-0.05, 0) is 31.0 Å². The van der Waals surface area contributed by atoms with Gasteiger partial charge in [0, 0.05) is 13.1 Å². The Labute approximate surface area is 168 Å². The number of aromatic nitrogens is 3. The van der Waals surface area contributed by atoms with Crippen LogP contribution in [0, 0.1) is 0 Å². The molecule has 1 N–H and O–H groups in total. The third-order valence-electron chi connectivity index (χ3n) is 3.98. The van der Waals surface area contributed by atoms with E-state index in [-0.39, 0.29) is 16.6 Å². The summed E-state index contributed by atoms with van der Waals surface area (Å²) in [5.74, 6) is 0.0128. The number of hydrogen-bond donors (Lipinski definition) is 1. The first-order chi connectivity index (χ1) is 13.0. The molecule has 1 fully saturated rings. The highest BCUT2D eigenvalue weighted by atomic mass is 32.2. The van der Waals surface area contributed by atoms with E-state index in [1.807, 2.05) is 0 Å². The second-order valence-electron chi connectivity index (χ2n) is 5.80. The van der Waals surface area contributed by atoms with E-state index in [1.165, 1.54) is 38.7 Å². The van der Waals surface area contributed by atoms with E-state index >= 15 is 0 Å². The molecule has 2 aromatic heterocycles. The number of sulfonamides is 1. The van der Waals surface area contributed by atoms with Crippen LogP contribution in [-0.2, 0) is 14.8 Å². The normalized spacial score (nSPS) is 15.4. The van der Waals surface area contributed by atoms with Gasteiger partial charge in [-0.2, -0.15) is 4.31 Å². The first-order valence-electron chi connectivity index (χ1n) is 8.12. The van der Waals surface area contributed by atoms with Crippen molar-refractivity contribution in [3.8, 4) is 0 Å². The summed E-state index contributed by atoms with van der Waals surface area (Å²) in [6, 6.07) is 4.89. The number of fused-ring (bicyclic) bond motifs is 1. The summed E-state index contributed by atoms with van der Waals surface area (Å²) in [7, 11) is -3.47. The summed E-state index contributed by atoms with van der Waals surface area (Å²) in [6.45, 7) is 1.13. The Kier molecular flexibility index (Phi) is 5.41. The Morgan fingerprint density at radius 3 is 2.85 bits per heavy atom. The van der Waals surface area contributed by atoms with Crippen molar-refractivity contribution in [2.45, 2.75) is 22.1 Å². The molecular formula is C15H15N5O3S4.